The normalized spacial score (nSPS) is 16.1. The van der Waals surface area contributed by atoms with E-state index in [1.165, 1.54) is 12.1 Å². The Bertz CT molecular complexity index is 650. The molecule has 9 heteroatoms. The average molecular weight is 352 g/mol. The molecule has 1 aromatic carbocycles. The third-order valence-corrected chi connectivity index (χ3v) is 4.05. The number of benzene rings is 1. The molecule has 1 aromatic rings. The van der Waals surface area contributed by atoms with Gasteiger partial charge in [0, 0.05) is 11.6 Å². The summed E-state index contributed by atoms with van der Waals surface area (Å²) in [7, 11) is -3.58. The van der Waals surface area contributed by atoms with Crippen LogP contribution in [0.2, 0.25) is 0 Å². The van der Waals surface area contributed by atoms with Gasteiger partial charge in [-0.2, -0.15) is 0 Å². The molecule has 0 radical (unpaired) electrons. The van der Waals surface area contributed by atoms with Gasteiger partial charge < -0.3 is 10.6 Å². The number of anilines is 2. The summed E-state index contributed by atoms with van der Waals surface area (Å²) < 4.78 is 37.9. The molecule has 1 saturated heterocycles. The number of carbonyl (C=O) groups is 1. The first-order valence-corrected chi connectivity index (χ1v) is 8.44. The molecule has 0 aromatic heterocycles. The second-order valence-electron chi connectivity index (χ2n) is 5.27. The molecule has 0 bridgehead atoms. The summed E-state index contributed by atoms with van der Waals surface area (Å²) >= 11 is 0. The zero-order chi connectivity index (χ0) is 15.6. The predicted molar refractivity (Wildman–Crippen MR) is 86.3 cm³/mol. The summed E-state index contributed by atoms with van der Waals surface area (Å²) in [5, 5.41) is 5.77. The molecule has 1 aliphatic heterocycles. The minimum absolute atomic E-state index is 0. The molecule has 22 heavy (non-hydrogen) atoms. The van der Waals surface area contributed by atoms with Crippen molar-refractivity contribution in [3.05, 3.63) is 24.0 Å². The molecule has 1 unspecified atom stereocenters. The summed E-state index contributed by atoms with van der Waals surface area (Å²) in [4.78, 5) is 12.1. The van der Waals surface area contributed by atoms with E-state index in [1.54, 1.807) is 0 Å². The largest absolute Gasteiger partial charge is 0.326 e. The van der Waals surface area contributed by atoms with E-state index in [-0.39, 0.29) is 29.9 Å². The van der Waals surface area contributed by atoms with Crippen LogP contribution >= 0.6 is 12.4 Å². The number of halogens is 2. The zero-order valence-corrected chi connectivity index (χ0v) is 13.9. The highest BCUT2D eigenvalue weighted by Gasteiger charge is 2.28. The van der Waals surface area contributed by atoms with Gasteiger partial charge in [-0.25, -0.2) is 12.8 Å². The topological polar surface area (TPSA) is 87.3 Å². The van der Waals surface area contributed by atoms with Gasteiger partial charge in [0.15, 0.2) is 0 Å². The Kier molecular flexibility index (Phi) is 6.16. The Morgan fingerprint density at radius 1 is 1.41 bits per heavy atom. The van der Waals surface area contributed by atoms with Crippen LogP contribution in [0, 0.1) is 17.7 Å². The van der Waals surface area contributed by atoms with Gasteiger partial charge in [-0.05, 0) is 37.2 Å². The third-order valence-electron chi connectivity index (χ3n) is 3.46. The Morgan fingerprint density at radius 3 is 2.55 bits per heavy atom. The van der Waals surface area contributed by atoms with Gasteiger partial charge in [0.1, 0.15) is 5.82 Å². The molecule has 1 aliphatic rings. The van der Waals surface area contributed by atoms with Gasteiger partial charge in [-0.3, -0.25) is 9.52 Å². The maximum Gasteiger partial charge on any atom is 0.229 e. The maximum absolute atomic E-state index is 13.5. The van der Waals surface area contributed by atoms with Crippen LogP contribution in [0.4, 0.5) is 15.8 Å². The van der Waals surface area contributed by atoms with Crippen LogP contribution in [0.15, 0.2) is 18.2 Å². The SMILES string of the molecule is CC(C(=O)Nc1ccc(F)c(NS(C)(=O)=O)c1)C1CNC1.Cl. The number of nitrogens with one attached hydrogen (secondary N) is 3. The molecule has 3 N–H and O–H groups in total. The first-order valence-electron chi connectivity index (χ1n) is 6.55. The summed E-state index contributed by atoms with van der Waals surface area (Å²) in [5.74, 6) is -0.741. The lowest BCUT2D eigenvalue weighted by molar-refractivity contribution is -0.121. The van der Waals surface area contributed by atoms with E-state index in [1.807, 2.05) is 6.92 Å². The fraction of sp³-hybridized carbons (Fsp3) is 0.462. The lowest BCUT2D eigenvalue weighted by Crippen LogP contribution is -2.48. The second kappa shape index (κ2) is 7.26. The number of carbonyl (C=O) groups excluding carboxylic acids is 1. The van der Waals surface area contributed by atoms with E-state index < -0.39 is 15.8 Å². The smallest absolute Gasteiger partial charge is 0.229 e. The van der Waals surface area contributed by atoms with Crippen LogP contribution in [0.3, 0.4) is 0 Å². The van der Waals surface area contributed by atoms with Crippen LogP contribution in [-0.4, -0.2) is 33.7 Å². The van der Waals surface area contributed by atoms with E-state index >= 15 is 0 Å². The van der Waals surface area contributed by atoms with Crippen molar-refractivity contribution in [1.82, 2.24) is 5.32 Å². The van der Waals surface area contributed by atoms with Crippen LogP contribution in [0.1, 0.15) is 6.92 Å². The molecule has 6 nitrogen and oxygen atoms in total. The predicted octanol–water partition coefficient (Wildman–Crippen LogP) is 1.41. The molecule has 1 atom stereocenters. The number of sulfonamides is 1. The van der Waals surface area contributed by atoms with Gasteiger partial charge >= 0.3 is 0 Å². The van der Waals surface area contributed by atoms with Crippen LogP contribution in [0.5, 0.6) is 0 Å². The monoisotopic (exact) mass is 351 g/mol. The van der Waals surface area contributed by atoms with Crippen LogP contribution in [-0.2, 0) is 14.8 Å². The highest BCUT2D eigenvalue weighted by Crippen LogP contribution is 2.23. The van der Waals surface area contributed by atoms with Crippen molar-refractivity contribution < 1.29 is 17.6 Å². The highest BCUT2D eigenvalue weighted by molar-refractivity contribution is 7.92. The van der Waals surface area contributed by atoms with E-state index in [9.17, 15) is 17.6 Å². The fourth-order valence-corrected chi connectivity index (χ4v) is 2.57. The Hall–Kier alpha value is -1.38. The van der Waals surface area contributed by atoms with E-state index in [0.29, 0.717) is 11.6 Å². The number of hydrogen-bond donors (Lipinski definition) is 3. The summed E-state index contributed by atoms with van der Waals surface area (Å²) in [6.07, 6.45) is 0.934. The standard InChI is InChI=1S/C13H18FN3O3S.ClH/c1-8(9-6-15-7-9)13(18)16-10-3-4-11(14)12(5-10)17-21(2,19)20;/h3-5,8-9,15,17H,6-7H2,1-2H3,(H,16,18);1H. The number of hydrogen-bond acceptors (Lipinski definition) is 4. The van der Waals surface area contributed by atoms with E-state index in [0.717, 1.165) is 25.4 Å². The maximum atomic E-state index is 13.5. The Balaban J connectivity index is 0.00000242. The first kappa shape index (κ1) is 18.7. The van der Waals surface area contributed by atoms with Gasteiger partial charge in [-0.15, -0.1) is 12.4 Å². The Labute approximate surface area is 135 Å². The van der Waals surface area contributed by atoms with Gasteiger partial charge in [-0.1, -0.05) is 6.92 Å². The van der Waals surface area contributed by atoms with Gasteiger partial charge in [0.2, 0.25) is 15.9 Å². The summed E-state index contributed by atoms with van der Waals surface area (Å²) in [5.41, 5.74) is 0.167. The van der Waals surface area contributed by atoms with Crippen molar-refractivity contribution >= 4 is 39.7 Å². The molecule has 124 valence electrons. The second-order valence-corrected chi connectivity index (χ2v) is 7.01. The molecule has 0 aliphatic carbocycles. The zero-order valence-electron chi connectivity index (χ0n) is 12.2. The molecule has 2 rings (SSSR count). The average Bonchev–Trinajstić information content (AvgIpc) is 2.29. The van der Waals surface area contributed by atoms with Crippen molar-refractivity contribution in [3.63, 3.8) is 0 Å². The van der Waals surface area contributed by atoms with Crippen molar-refractivity contribution in [2.75, 3.05) is 29.4 Å². The van der Waals surface area contributed by atoms with Crippen molar-refractivity contribution in [2.24, 2.45) is 11.8 Å². The van der Waals surface area contributed by atoms with E-state index in [4.69, 9.17) is 0 Å². The molecule has 0 saturated carbocycles. The lowest BCUT2D eigenvalue weighted by Gasteiger charge is -2.31. The number of rotatable bonds is 5. The molecule has 0 spiro atoms. The van der Waals surface area contributed by atoms with Gasteiger partial charge in [0.25, 0.3) is 0 Å². The van der Waals surface area contributed by atoms with Gasteiger partial charge in [0.05, 0.1) is 11.9 Å². The summed E-state index contributed by atoms with van der Waals surface area (Å²) in [6, 6.07) is 3.77. The molecule has 1 amide bonds. The lowest BCUT2D eigenvalue weighted by atomic mass is 9.88. The van der Waals surface area contributed by atoms with Crippen molar-refractivity contribution in [3.8, 4) is 0 Å². The number of amides is 1. The Morgan fingerprint density at radius 2 is 2.05 bits per heavy atom. The van der Waals surface area contributed by atoms with Crippen molar-refractivity contribution in [1.29, 1.82) is 0 Å². The third kappa shape index (κ3) is 4.82. The highest BCUT2D eigenvalue weighted by atomic mass is 35.5. The van der Waals surface area contributed by atoms with E-state index in [2.05, 4.69) is 15.4 Å². The first-order chi connectivity index (χ1) is 9.76. The minimum atomic E-state index is -3.58. The quantitative estimate of drug-likeness (QED) is 0.748. The van der Waals surface area contributed by atoms with Crippen LogP contribution in [0.25, 0.3) is 0 Å². The molecular weight excluding hydrogens is 333 g/mol. The minimum Gasteiger partial charge on any atom is -0.326 e. The van der Waals surface area contributed by atoms with Crippen LogP contribution < -0.4 is 15.4 Å². The molecule has 1 fully saturated rings. The molecular formula is C13H19ClFN3O3S. The fourth-order valence-electron chi connectivity index (χ4n) is 2.02. The van der Waals surface area contributed by atoms with Crippen molar-refractivity contribution in [2.45, 2.75) is 6.92 Å². The summed E-state index contributed by atoms with van der Waals surface area (Å²) in [6.45, 7) is 3.44. The molecule has 1 heterocycles.